The zero-order valence-electron chi connectivity index (χ0n) is 12.9. The van der Waals surface area contributed by atoms with Crippen LogP contribution >= 0.6 is 0 Å². The van der Waals surface area contributed by atoms with Crippen LogP contribution in [-0.4, -0.2) is 31.6 Å². The molecule has 0 saturated heterocycles. The van der Waals surface area contributed by atoms with Crippen molar-refractivity contribution in [3.8, 4) is 0 Å². The Balaban J connectivity index is 2.08. The van der Waals surface area contributed by atoms with Crippen molar-refractivity contribution in [3.05, 3.63) is 35.4 Å². The Labute approximate surface area is 119 Å². The third kappa shape index (κ3) is 7.34. The monoisotopic (exact) mass is 262 g/mol. The summed E-state index contributed by atoms with van der Waals surface area (Å²) in [4.78, 5) is 2.39. The van der Waals surface area contributed by atoms with Gasteiger partial charge in [0.25, 0.3) is 0 Å². The van der Waals surface area contributed by atoms with Crippen molar-refractivity contribution < 1.29 is 0 Å². The van der Waals surface area contributed by atoms with Crippen LogP contribution in [0.25, 0.3) is 0 Å². The Hall–Kier alpha value is -0.860. The molecular formula is C17H30N2. The second-order valence-corrected chi connectivity index (χ2v) is 5.47. The highest BCUT2D eigenvalue weighted by atomic mass is 15.1. The maximum Gasteiger partial charge on any atom is 0.0233 e. The Morgan fingerprint density at radius 2 is 1.84 bits per heavy atom. The minimum atomic E-state index is 1.05. The maximum absolute atomic E-state index is 3.53. The summed E-state index contributed by atoms with van der Waals surface area (Å²) in [7, 11) is 2.20. The van der Waals surface area contributed by atoms with Crippen molar-refractivity contribution in [2.75, 3.05) is 26.7 Å². The van der Waals surface area contributed by atoms with Gasteiger partial charge >= 0.3 is 0 Å². The highest BCUT2D eigenvalue weighted by molar-refractivity contribution is 5.25. The van der Waals surface area contributed by atoms with Gasteiger partial charge in [0.15, 0.2) is 0 Å². The summed E-state index contributed by atoms with van der Waals surface area (Å²) in [6, 6.07) is 8.65. The fourth-order valence-corrected chi connectivity index (χ4v) is 2.23. The van der Waals surface area contributed by atoms with Crippen LogP contribution in [0, 0.1) is 6.92 Å². The molecule has 0 aliphatic rings. The van der Waals surface area contributed by atoms with Gasteiger partial charge in [-0.2, -0.15) is 0 Å². The summed E-state index contributed by atoms with van der Waals surface area (Å²) in [5.41, 5.74) is 2.83. The third-order valence-corrected chi connectivity index (χ3v) is 3.58. The van der Waals surface area contributed by atoms with Gasteiger partial charge in [-0.1, -0.05) is 50.5 Å². The van der Waals surface area contributed by atoms with Gasteiger partial charge in [-0.15, -0.1) is 0 Å². The second-order valence-electron chi connectivity index (χ2n) is 5.47. The molecule has 1 aromatic rings. The van der Waals surface area contributed by atoms with Crippen LogP contribution in [0.3, 0.4) is 0 Å². The van der Waals surface area contributed by atoms with Crippen molar-refractivity contribution in [3.63, 3.8) is 0 Å². The standard InChI is InChI=1S/C17H30N2/c1-4-5-6-9-12-18-13-14-19(3)15-17-11-8-7-10-16(17)2/h7-8,10-11,18H,4-6,9,12-15H2,1-3H3. The zero-order valence-corrected chi connectivity index (χ0v) is 12.9. The van der Waals surface area contributed by atoms with E-state index in [1.54, 1.807) is 0 Å². The summed E-state index contributed by atoms with van der Waals surface area (Å²) in [6.07, 6.45) is 5.37. The first kappa shape index (κ1) is 16.2. The van der Waals surface area contributed by atoms with Crippen molar-refractivity contribution in [1.29, 1.82) is 0 Å². The van der Waals surface area contributed by atoms with Crippen LogP contribution in [0.15, 0.2) is 24.3 Å². The van der Waals surface area contributed by atoms with Gasteiger partial charge in [-0.05, 0) is 38.1 Å². The molecule has 0 amide bonds. The molecule has 0 aromatic heterocycles. The first-order valence-corrected chi connectivity index (χ1v) is 7.67. The lowest BCUT2D eigenvalue weighted by molar-refractivity contribution is 0.323. The maximum atomic E-state index is 3.53. The van der Waals surface area contributed by atoms with Crippen LogP contribution < -0.4 is 5.32 Å². The number of unbranched alkanes of at least 4 members (excludes halogenated alkanes) is 3. The normalized spacial score (nSPS) is 11.2. The number of nitrogens with one attached hydrogen (secondary N) is 1. The molecule has 0 aliphatic carbocycles. The molecule has 0 bridgehead atoms. The van der Waals surface area contributed by atoms with Crippen LogP contribution in [-0.2, 0) is 6.54 Å². The molecule has 0 unspecified atom stereocenters. The molecule has 0 spiro atoms. The summed E-state index contributed by atoms with van der Waals surface area (Å²) >= 11 is 0. The number of aryl methyl sites for hydroxylation is 1. The molecular weight excluding hydrogens is 232 g/mol. The molecule has 19 heavy (non-hydrogen) atoms. The highest BCUT2D eigenvalue weighted by Crippen LogP contribution is 2.08. The van der Waals surface area contributed by atoms with Gasteiger partial charge in [-0.25, -0.2) is 0 Å². The average molecular weight is 262 g/mol. The van der Waals surface area contributed by atoms with Crippen LogP contribution in [0.2, 0.25) is 0 Å². The molecule has 0 radical (unpaired) electrons. The van der Waals surface area contributed by atoms with Gasteiger partial charge in [0.1, 0.15) is 0 Å². The lowest BCUT2D eigenvalue weighted by Crippen LogP contribution is -2.29. The fraction of sp³-hybridized carbons (Fsp3) is 0.647. The zero-order chi connectivity index (χ0) is 13.9. The minimum absolute atomic E-state index is 1.05. The van der Waals surface area contributed by atoms with Gasteiger partial charge in [0.05, 0.1) is 0 Å². The van der Waals surface area contributed by atoms with Crippen LogP contribution in [0.1, 0.15) is 43.7 Å². The predicted molar refractivity (Wildman–Crippen MR) is 84.5 cm³/mol. The van der Waals surface area contributed by atoms with Gasteiger partial charge in [0, 0.05) is 19.6 Å². The van der Waals surface area contributed by atoms with E-state index in [0.29, 0.717) is 0 Å². The molecule has 0 heterocycles. The highest BCUT2D eigenvalue weighted by Gasteiger charge is 2.02. The lowest BCUT2D eigenvalue weighted by atomic mass is 10.1. The van der Waals surface area contributed by atoms with E-state index in [-0.39, 0.29) is 0 Å². The predicted octanol–water partition coefficient (Wildman–Crippen LogP) is 3.60. The smallest absolute Gasteiger partial charge is 0.0233 e. The molecule has 108 valence electrons. The fourth-order valence-electron chi connectivity index (χ4n) is 2.23. The molecule has 0 atom stereocenters. The van der Waals surface area contributed by atoms with E-state index < -0.39 is 0 Å². The summed E-state index contributed by atoms with van der Waals surface area (Å²) < 4.78 is 0. The molecule has 0 aliphatic heterocycles. The first-order chi connectivity index (χ1) is 9.24. The van der Waals surface area contributed by atoms with Crippen LogP contribution in [0.4, 0.5) is 0 Å². The number of benzene rings is 1. The Kier molecular flexibility index (Phi) is 8.52. The van der Waals surface area contributed by atoms with Crippen LogP contribution in [0.5, 0.6) is 0 Å². The van der Waals surface area contributed by atoms with Crippen molar-refractivity contribution in [2.24, 2.45) is 0 Å². The molecule has 0 saturated carbocycles. The van der Waals surface area contributed by atoms with E-state index in [1.807, 2.05) is 0 Å². The topological polar surface area (TPSA) is 15.3 Å². The van der Waals surface area contributed by atoms with E-state index in [4.69, 9.17) is 0 Å². The van der Waals surface area contributed by atoms with E-state index in [0.717, 1.165) is 26.2 Å². The average Bonchev–Trinajstić information content (AvgIpc) is 2.40. The largest absolute Gasteiger partial charge is 0.315 e. The van der Waals surface area contributed by atoms with Crippen molar-refractivity contribution in [2.45, 2.75) is 46.1 Å². The lowest BCUT2D eigenvalue weighted by Gasteiger charge is -2.18. The van der Waals surface area contributed by atoms with E-state index in [2.05, 4.69) is 55.4 Å². The summed E-state index contributed by atoms with van der Waals surface area (Å²) in [6.45, 7) is 8.86. The SMILES string of the molecule is CCCCCCNCCN(C)Cc1ccccc1C. The van der Waals surface area contributed by atoms with Gasteiger partial charge in [0.2, 0.25) is 0 Å². The Bertz CT molecular complexity index is 336. The van der Waals surface area contributed by atoms with E-state index in [1.165, 1.54) is 36.8 Å². The molecule has 0 fully saturated rings. The number of rotatable bonds is 10. The Morgan fingerprint density at radius 3 is 2.58 bits per heavy atom. The Morgan fingerprint density at radius 1 is 1.05 bits per heavy atom. The van der Waals surface area contributed by atoms with Gasteiger partial charge < -0.3 is 10.2 Å². The summed E-state index contributed by atoms with van der Waals surface area (Å²) in [5, 5.41) is 3.53. The summed E-state index contributed by atoms with van der Waals surface area (Å²) in [5.74, 6) is 0. The number of hydrogen-bond acceptors (Lipinski definition) is 2. The number of hydrogen-bond donors (Lipinski definition) is 1. The molecule has 2 heteroatoms. The number of nitrogens with zero attached hydrogens (tertiary/aromatic N) is 1. The molecule has 1 N–H and O–H groups in total. The molecule has 1 rings (SSSR count). The second kappa shape index (κ2) is 9.99. The third-order valence-electron chi connectivity index (χ3n) is 3.58. The molecule has 1 aromatic carbocycles. The van der Waals surface area contributed by atoms with Crippen molar-refractivity contribution in [1.82, 2.24) is 10.2 Å². The van der Waals surface area contributed by atoms with Gasteiger partial charge in [-0.3, -0.25) is 0 Å². The number of likely N-dealkylation sites (N-methyl/N-ethyl adjacent to an activating group) is 1. The van der Waals surface area contributed by atoms with E-state index in [9.17, 15) is 0 Å². The quantitative estimate of drug-likeness (QED) is 0.648. The van der Waals surface area contributed by atoms with Crippen molar-refractivity contribution >= 4 is 0 Å². The first-order valence-electron chi connectivity index (χ1n) is 7.67. The minimum Gasteiger partial charge on any atom is -0.315 e. The van der Waals surface area contributed by atoms with E-state index >= 15 is 0 Å². The molecule has 2 nitrogen and oxygen atoms in total.